The van der Waals surface area contributed by atoms with Crippen LogP contribution < -0.4 is 16.9 Å². The molecule has 6 aromatic rings. The van der Waals surface area contributed by atoms with Gasteiger partial charge in [-0.25, -0.2) is 23.7 Å². The maximum Gasteiger partial charge on any atom is 0.364 e. The fourth-order valence-corrected chi connectivity index (χ4v) is 4.85. The number of hydrogen-bond donors (Lipinski definition) is 1. The van der Waals surface area contributed by atoms with Gasteiger partial charge in [-0.05, 0) is 77.3 Å². The molecule has 0 amide bonds. The summed E-state index contributed by atoms with van der Waals surface area (Å²) in [6.45, 7) is 3.42. The lowest BCUT2D eigenvalue weighted by Crippen LogP contribution is -2.23. The number of anilines is 1. The maximum atomic E-state index is 13.2. The highest BCUT2D eigenvalue weighted by Gasteiger charge is 2.20. The molecule has 2 aromatic carbocycles. The van der Waals surface area contributed by atoms with Gasteiger partial charge in [-0.2, -0.15) is 0 Å². The van der Waals surface area contributed by atoms with E-state index < -0.39 is 10.7 Å². The average Bonchev–Trinajstić information content (AvgIpc) is 3.07. The number of nitrogens with zero attached hydrogens (tertiary/aromatic N) is 7. The first kappa shape index (κ1) is 32.9. The molecule has 0 atom stereocenters. The molecule has 0 aliphatic heterocycles. The molecule has 2 N–H and O–H groups in total. The molecular formula is C34H28F2N8O4. The van der Waals surface area contributed by atoms with Crippen LogP contribution in [0.3, 0.4) is 0 Å². The lowest BCUT2D eigenvalue weighted by Gasteiger charge is -2.13. The summed E-state index contributed by atoms with van der Waals surface area (Å²) in [6, 6.07) is 17.4. The standard InChI is InChI=1S/C17H13FN4O3.C17H15FN4O/c1-10-20-16(12-7-8-19-14(9-12)22(24)25)15(17(23)21(10)2)11-3-5-13(18)6-4-11;1-10-21-16(12-7-8-20-14(19)9-12)15(17(23)22(10)2)11-3-5-13(18)6-4-11/h3-9H,1-2H3;3-9H,1-2H3,(H2,19,20). The zero-order valence-electron chi connectivity index (χ0n) is 26.2. The number of hydrogen-bond acceptors (Lipinski definition) is 9. The van der Waals surface area contributed by atoms with Gasteiger partial charge in [-0.3, -0.25) is 18.7 Å². The second kappa shape index (κ2) is 13.5. The minimum Gasteiger partial charge on any atom is -0.384 e. The van der Waals surface area contributed by atoms with Gasteiger partial charge in [0.25, 0.3) is 11.1 Å². The zero-order chi connectivity index (χ0) is 34.7. The Labute approximate surface area is 272 Å². The van der Waals surface area contributed by atoms with E-state index >= 15 is 0 Å². The second-order valence-electron chi connectivity index (χ2n) is 10.6. The molecule has 6 rings (SSSR count). The van der Waals surface area contributed by atoms with Crippen molar-refractivity contribution >= 4 is 11.6 Å². The molecular weight excluding hydrogens is 622 g/mol. The topological polar surface area (TPSA) is 165 Å². The molecule has 0 bridgehead atoms. The minimum absolute atomic E-state index is 0.200. The van der Waals surface area contributed by atoms with Gasteiger partial charge in [0.2, 0.25) is 0 Å². The highest BCUT2D eigenvalue weighted by Crippen LogP contribution is 2.30. The number of nitrogen functional groups attached to an aromatic ring is 1. The summed E-state index contributed by atoms with van der Waals surface area (Å²) in [5.74, 6) is 0.231. The molecule has 242 valence electrons. The van der Waals surface area contributed by atoms with Gasteiger partial charge >= 0.3 is 5.82 Å². The molecule has 0 aliphatic rings. The Bertz CT molecular complexity index is 2290. The van der Waals surface area contributed by atoms with Gasteiger partial charge in [-0.1, -0.05) is 24.3 Å². The average molecular weight is 651 g/mol. The molecule has 0 aliphatic carbocycles. The van der Waals surface area contributed by atoms with Crippen molar-refractivity contribution < 1.29 is 13.7 Å². The van der Waals surface area contributed by atoms with Crippen molar-refractivity contribution in [3.63, 3.8) is 0 Å². The third kappa shape index (κ3) is 6.72. The van der Waals surface area contributed by atoms with Gasteiger partial charge in [0, 0.05) is 37.5 Å². The highest BCUT2D eigenvalue weighted by atomic mass is 19.1. The van der Waals surface area contributed by atoms with Crippen LogP contribution in [0.5, 0.6) is 0 Å². The molecule has 0 unspecified atom stereocenters. The fraction of sp³-hybridized carbons (Fsp3) is 0.118. The molecule has 12 nitrogen and oxygen atoms in total. The first-order chi connectivity index (χ1) is 22.8. The van der Waals surface area contributed by atoms with Crippen molar-refractivity contribution in [1.82, 2.24) is 29.1 Å². The van der Waals surface area contributed by atoms with Gasteiger partial charge in [0.15, 0.2) is 0 Å². The van der Waals surface area contributed by atoms with Crippen LogP contribution in [-0.4, -0.2) is 34.0 Å². The van der Waals surface area contributed by atoms with E-state index in [0.29, 0.717) is 51.0 Å². The summed E-state index contributed by atoms with van der Waals surface area (Å²) in [5.41, 5.74) is 8.82. The van der Waals surface area contributed by atoms with Crippen molar-refractivity contribution in [3.8, 4) is 44.8 Å². The van der Waals surface area contributed by atoms with E-state index in [1.165, 1.54) is 57.8 Å². The van der Waals surface area contributed by atoms with Crippen molar-refractivity contribution in [2.75, 3.05) is 5.73 Å². The largest absolute Gasteiger partial charge is 0.384 e. The van der Waals surface area contributed by atoms with Crippen LogP contribution in [0.25, 0.3) is 44.8 Å². The number of benzene rings is 2. The molecule has 0 saturated heterocycles. The Hall–Kier alpha value is -6.44. The van der Waals surface area contributed by atoms with E-state index in [2.05, 4.69) is 19.9 Å². The van der Waals surface area contributed by atoms with Crippen LogP contribution in [0, 0.1) is 35.6 Å². The molecule has 0 spiro atoms. The summed E-state index contributed by atoms with van der Waals surface area (Å²) >= 11 is 0. The number of nitrogens with two attached hydrogens (primary N) is 1. The van der Waals surface area contributed by atoms with Crippen LogP contribution in [-0.2, 0) is 14.1 Å². The molecule has 4 aromatic heterocycles. The summed E-state index contributed by atoms with van der Waals surface area (Å²) < 4.78 is 29.3. The van der Waals surface area contributed by atoms with E-state index in [1.54, 1.807) is 64.5 Å². The van der Waals surface area contributed by atoms with Crippen LogP contribution >= 0.6 is 0 Å². The normalized spacial score (nSPS) is 10.7. The third-order valence-electron chi connectivity index (χ3n) is 7.55. The summed E-state index contributed by atoms with van der Waals surface area (Å²) in [5, 5.41) is 11.0. The van der Waals surface area contributed by atoms with Crippen LogP contribution in [0.4, 0.5) is 20.4 Å². The zero-order valence-corrected chi connectivity index (χ0v) is 26.2. The lowest BCUT2D eigenvalue weighted by molar-refractivity contribution is -0.389. The Balaban J connectivity index is 0.000000188. The Kier molecular flexibility index (Phi) is 9.27. The summed E-state index contributed by atoms with van der Waals surface area (Å²) in [4.78, 5) is 52.5. The van der Waals surface area contributed by atoms with Gasteiger partial charge < -0.3 is 15.8 Å². The van der Waals surface area contributed by atoms with E-state index in [9.17, 15) is 28.5 Å². The lowest BCUT2D eigenvalue weighted by atomic mass is 10.0. The second-order valence-corrected chi connectivity index (χ2v) is 10.6. The Morgan fingerprint density at radius 3 is 1.50 bits per heavy atom. The fourth-order valence-electron chi connectivity index (χ4n) is 4.85. The van der Waals surface area contributed by atoms with Crippen LogP contribution in [0.2, 0.25) is 0 Å². The van der Waals surface area contributed by atoms with Crippen molar-refractivity contribution in [1.29, 1.82) is 0 Å². The predicted molar refractivity (Wildman–Crippen MR) is 177 cm³/mol. The molecule has 0 radical (unpaired) electrons. The van der Waals surface area contributed by atoms with Crippen LogP contribution in [0.15, 0.2) is 94.8 Å². The van der Waals surface area contributed by atoms with E-state index in [-0.39, 0.29) is 34.0 Å². The maximum absolute atomic E-state index is 13.2. The van der Waals surface area contributed by atoms with Crippen molar-refractivity contribution in [2.24, 2.45) is 14.1 Å². The number of aromatic nitrogens is 6. The summed E-state index contributed by atoms with van der Waals surface area (Å²) in [7, 11) is 3.23. The Morgan fingerprint density at radius 1 is 0.667 bits per heavy atom. The predicted octanol–water partition coefficient (Wildman–Crippen LogP) is 5.40. The quantitative estimate of drug-likeness (QED) is 0.190. The SMILES string of the molecule is Cc1nc(-c2ccnc(N)c2)c(-c2ccc(F)cc2)c(=O)n1C.Cc1nc(-c2ccnc([N+](=O)[O-])c2)c(-c2ccc(F)cc2)c(=O)n1C. The van der Waals surface area contributed by atoms with Gasteiger partial charge in [0.1, 0.15) is 35.3 Å². The Morgan fingerprint density at radius 2 is 1.08 bits per heavy atom. The number of rotatable bonds is 5. The minimum atomic E-state index is -0.616. The van der Waals surface area contributed by atoms with E-state index in [1.807, 2.05) is 0 Å². The van der Waals surface area contributed by atoms with Gasteiger partial charge in [0.05, 0.1) is 22.5 Å². The van der Waals surface area contributed by atoms with Crippen molar-refractivity contribution in [2.45, 2.75) is 13.8 Å². The van der Waals surface area contributed by atoms with Crippen LogP contribution in [0.1, 0.15) is 11.6 Å². The molecule has 14 heteroatoms. The van der Waals surface area contributed by atoms with Gasteiger partial charge in [-0.15, -0.1) is 0 Å². The highest BCUT2D eigenvalue weighted by molar-refractivity contribution is 5.81. The van der Waals surface area contributed by atoms with E-state index in [4.69, 9.17) is 5.73 Å². The molecule has 0 saturated carbocycles. The number of nitro groups is 1. The number of pyridine rings is 2. The van der Waals surface area contributed by atoms with E-state index in [0.717, 1.165) is 0 Å². The van der Waals surface area contributed by atoms with Crippen molar-refractivity contribution in [3.05, 3.63) is 139 Å². The summed E-state index contributed by atoms with van der Waals surface area (Å²) in [6.07, 6.45) is 2.85. The smallest absolute Gasteiger partial charge is 0.364 e. The first-order valence-electron chi connectivity index (χ1n) is 14.4. The third-order valence-corrected chi connectivity index (χ3v) is 7.55. The molecule has 4 heterocycles. The first-order valence-corrected chi connectivity index (χ1v) is 14.4. The monoisotopic (exact) mass is 650 g/mol. The molecule has 48 heavy (non-hydrogen) atoms. The number of aryl methyl sites for hydroxylation is 2. The number of halogens is 2. The molecule has 0 fully saturated rings.